The highest BCUT2D eigenvalue weighted by atomic mass is 16.3. The van der Waals surface area contributed by atoms with E-state index < -0.39 is 0 Å². The van der Waals surface area contributed by atoms with E-state index in [1.54, 1.807) is 12.3 Å². The molecule has 0 spiro atoms. The van der Waals surface area contributed by atoms with E-state index in [0.717, 1.165) is 16.5 Å². The number of nitrogens with zero attached hydrogens (tertiary/aromatic N) is 1. The lowest BCUT2D eigenvalue weighted by molar-refractivity contribution is 0.407. The Kier molecular flexibility index (Phi) is 3.09. The average molecular weight is 263 g/mol. The molecule has 1 heterocycles. The molecular formula is C17H13NO2. The van der Waals surface area contributed by atoms with Crippen molar-refractivity contribution in [2.75, 3.05) is 0 Å². The number of hydrogen-bond donors (Lipinski definition) is 2. The molecule has 98 valence electrons. The molecule has 0 radical (unpaired) electrons. The Morgan fingerprint density at radius 1 is 0.850 bits per heavy atom. The second kappa shape index (κ2) is 5.05. The van der Waals surface area contributed by atoms with E-state index in [4.69, 9.17) is 0 Å². The SMILES string of the molecule is Oc1ccc2c(/C=C/c3ccccc3)ccnc2c1O. The van der Waals surface area contributed by atoms with Gasteiger partial charge in [0.25, 0.3) is 0 Å². The highest BCUT2D eigenvalue weighted by Crippen LogP contribution is 2.33. The summed E-state index contributed by atoms with van der Waals surface area (Å²) in [6.45, 7) is 0. The summed E-state index contributed by atoms with van der Waals surface area (Å²) in [6, 6.07) is 15.1. The first-order chi connectivity index (χ1) is 9.75. The predicted molar refractivity (Wildman–Crippen MR) is 80.4 cm³/mol. The minimum atomic E-state index is -0.183. The van der Waals surface area contributed by atoms with Gasteiger partial charge in [0.15, 0.2) is 11.5 Å². The molecule has 2 N–H and O–H groups in total. The van der Waals surface area contributed by atoms with Crippen molar-refractivity contribution in [1.29, 1.82) is 0 Å². The van der Waals surface area contributed by atoms with Crippen LogP contribution in [0.2, 0.25) is 0 Å². The van der Waals surface area contributed by atoms with Crippen LogP contribution in [0.1, 0.15) is 11.1 Å². The Hall–Kier alpha value is -2.81. The van der Waals surface area contributed by atoms with Crippen LogP contribution in [0.3, 0.4) is 0 Å². The summed E-state index contributed by atoms with van der Waals surface area (Å²) in [6.07, 6.45) is 5.58. The van der Waals surface area contributed by atoms with Crippen LogP contribution in [-0.2, 0) is 0 Å². The summed E-state index contributed by atoms with van der Waals surface area (Å²) in [5.41, 5.74) is 2.44. The topological polar surface area (TPSA) is 53.4 Å². The van der Waals surface area contributed by atoms with E-state index in [1.165, 1.54) is 6.07 Å². The number of pyridine rings is 1. The highest BCUT2D eigenvalue weighted by molar-refractivity contribution is 5.94. The fourth-order valence-corrected chi connectivity index (χ4v) is 2.11. The Morgan fingerprint density at radius 2 is 1.65 bits per heavy atom. The van der Waals surface area contributed by atoms with E-state index in [1.807, 2.05) is 48.6 Å². The Labute approximate surface area is 116 Å². The van der Waals surface area contributed by atoms with Crippen LogP contribution in [0.15, 0.2) is 54.7 Å². The van der Waals surface area contributed by atoms with Crippen molar-refractivity contribution in [2.24, 2.45) is 0 Å². The van der Waals surface area contributed by atoms with Gasteiger partial charge in [0.1, 0.15) is 5.52 Å². The van der Waals surface area contributed by atoms with E-state index >= 15 is 0 Å². The van der Waals surface area contributed by atoms with Crippen LogP contribution in [-0.4, -0.2) is 15.2 Å². The molecule has 3 nitrogen and oxygen atoms in total. The van der Waals surface area contributed by atoms with Gasteiger partial charge < -0.3 is 10.2 Å². The summed E-state index contributed by atoms with van der Waals surface area (Å²) < 4.78 is 0. The zero-order chi connectivity index (χ0) is 13.9. The van der Waals surface area contributed by atoms with Crippen LogP contribution in [0, 0.1) is 0 Å². The van der Waals surface area contributed by atoms with Gasteiger partial charge in [0.2, 0.25) is 0 Å². The van der Waals surface area contributed by atoms with Gasteiger partial charge in [0, 0.05) is 11.6 Å². The van der Waals surface area contributed by atoms with Gasteiger partial charge in [-0.05, 0) is 29.3 Å². The number of aromatic nitrogens is 1. The first kappa shape index (κ1) is 12.2. The molecule has 0 aliphatic rings. The van der Waals surface area contributed by atoms with Crippen molar-refractivity contribution in [1.82, 2.24) is 4.98 Å². The maximum atomic E-state index is 9.83. The van der Waals surface area contributed by atoms with Crippen molar-refractivity contribution < 1.29 is 10.2 Å². The molecule has 3 heteroatoms. The first-order valence-corrected chi connectivity index (χ1v) is 6.28. The summed E-state index contributed by atoms with van der Waals surface area (Å²) in [7, 11) is 0. The van der Waals surface area contributed by atoms with Crippen molar-refractivity contribution in [3.8, 4) is 11.5 Å². The molecular weight excluding hydrogens is 250 g/mol. The maximum Gasteiger partial charge on any atom is 0.184 e. The lowest BCUT2D eigenvalue weighted by Gasteiger charge is -2.05. The lowest BCUT2D eigenvalue weighted by atomic mass is 10.1. The van der Waals surface area contributed by atoms with Gasteiger partial charge in [0.05, 0.1) is 0 Å². The predicted octanol–water partition coefficient (Wildman–Crippen LogP) is 3.82. The molecule has 0 aliphatic carbocycles. The van der Waals surface area contributed by atoms with Gasteiger partial charge in [-0.25, -0.2) is 0 Å². The summed E-state index contributed by atoms with van der Waals surface area (Å²) in [5, 5.41) is 20.1. The molecule has 0 unspecified atom stereocenters. The largest absolute Gasteiger partial charge is 0.504 e. The third-order valence-electron chi connectivity index (χ3n) is 3.15. The second-order valence-electron chi connectivity index (χ2n) is 4.47. The van der Waals surface area contributed by atoms with Gasteiger partial charge in [-0.1, -0.05) is 42.5 Å². The third kappa shape index (κ3) is 2.21. The third-order valence-corrected chi connectivity index (χ3v) is 3.15. The monoisotopic (exact) mass is 263 g/mol. The minimum absolute atomic E-state index is 0.158. The van der Waals surface area contributed by atoms with Crippen LogP contribution in [0.25, 0.3) is 23.1 Å². The molecule has 0 atom stereocenters. The molecule has 0 saturated carbocycles. The summed E-state index contributed by atoms with van der Waals surface area (Å²) >= 11 is 0. The molecule has 0 amide bonds. The van der Waals surface area contributed by atoms with E-state index in [-0.39, 0.29) is 11.5 Å². The number of benzene rings is 2. The fourth-order valence-electron chi connectivity index (χ4n) is 2.11. The number of phenols is 2. The molecule has 3 rings (SSSR count). The zero-order valence-electron chi connectivity index (χ0n) is 10.7. The maximum absolute atomic E-state index is 9.83. The molecule has 0 fully saturated rings. The standard InChI is InChI=1S/C17H13NO2/c19-15-9-8-14-13(10-11-18-16(14)17(15)20)7-6-12-4-2-1-3-5-12/h1-11,19-20H/b7-6+. The second-order valence-corrected chi connectivity index (χ2v) is 4.47. The van der Waals surface area contributed by atoms with Crippen molar-refractivity contribution >= 4 is 23.1 Å². The molecule has 0 bridgehead atoms. The Bertz CT molecular complexity index is 780. The Balaban J connectivity index is 2.09. The Morgan fingerprint density at radius 3 is 2.45 bits per heavy atom. The quantitative estimate of drug-likeness (QED) is 0.691. The summed E-state index contributed by atoms with van der Waals surface area (Å²) in [5.74, 6) is -0.341. The molecule has 1 aromatic heterocycles. The first-order valence-electron chi connectivity index (χ1n) is 6.28. The number of aromatic hydroxyl groups is 2. The fraction of sp³-hybridized carbons (Fsp3) is 0. The molecule has 2 aromatic carbocycles. The highest BCUT2D eigenvalue weighted by Gasteiger charge is 2.08. The van der Waals surface area contributed by atoms with Gasteiger partial charge in [-0.3, -0.25) is 4.98 Å². The normalized spacial score (nSPS) is 11.2. The summed E-state index contributed by atoms with van der Waals surface area (Å²) in [4.78, 5) is 4.11. The molecule has 0 aliphatic heterocycles. The molecule has 0 saturated heterocycles. The molecule has 20 heavy (non-hydrogen) atoms. The number of rotatable bonds is 2. The van der Waals surface area contributed by atoms with Crippen LogP contribution in [0.4, 0.5) is 0 Å². The van der Waals surface area contributed by atoms with Crippen LogP contribution >= 0.6 is 0 Å². The van der Waals surface area contributed by atoms with E-state index in [2.05, 4.69) is 4.98 Å². The van der Waals surface area contributed by atoms with Crippen LogP contribution < -0.4 is 0 Å². The van der Waals surface area contributed by atoms with Crippen molar-refractivity contribution in [3.05, 3.63) is 65.9 Å². The smallest absolute Gasteiger partial charge is 0.184 e. The van der Waals surface area contributed by atoms with E-state index in [0.29, 0.717) is 5.52 Å². The van der Waals surface area contributed by atoms with Crippen LogP contribution in [0.5, 0.6) is 11.5 Å². The number of fused-ring (bicyclic) bond motifs is 1. The average Bonchev–Trinajstić information content (AvgIpc) is 2.50. The number of phenolic OH excluding ortho intramolecular Hbond substituents is 2. The van der Waals surface area contributed by atoms with E-state index in [9.17, 15) is 10.2 Å². The number of hydrogen-bond acceptors (Lipinski definition) is 3. The van der Waals surface area contributed by atoms with Crippen molar-refractivity contribution in [2.45, 2.75) is 0 Å². The minimum Gasteiger partial charge on any atom is -0.504 e. The van der Waals surface area contributed by atoms with Gasteiger partial charge in [-0.15, -0.1) is 0 Å². The van der Waals surface area contributed by atoms with Gasteiger partial charge >= 0.3 is 0 Å². The lowest BCUT2D eigenvalue weighted by Crippen LogP contribution is -1.83. The van der Waals surface area contributed by atoms with Crippen molar-refractivity contribution in [3.63, 3.8) is 0 Å². The molecule has 3 aromatic rings. The zero-order valence-corrected chi connectivity index (χ0v) is 10.7. The van der Waals surface area contributed by atoms with Gasteiger partial charge in [-0.2, -0.15) is 0 Å².